The Morgan fingerprint density at radius 2 is 2.05 bits per heavy atom. The van der Waals surface area contributed by atoms with Crippen molar-refractivity contribution >= 4 is 17.3 Å². The quantitative estimate of drug-likeness (QED) is 0.559. The number of rotatable bonds is 8. The van der Waals surface area contributed by atoms with Gasteiger partial charge in [0.25, 0.3) is 5.69 Å². The van der Waals surface area contributed by atoms with E-state index in [0.29, 0.717) is 12.2 Å². The van der Waals surface area contributed by atoms with Gasteiger partial charge < -0.3 is 15.3 Å². The Bertz CT molecular complexity index is 487. The minimum absolute atomic E-state index is 0.302. The molecule has 0 bridgehead atoms. The van der Waals surface area contributed by atoms with Crippen LogP contribution in [-0.4, -0.2) is 47.1 Å². The molecular weight excluding hydrogens is 262 g/mol. The molecule has 0 saturated heterocycles. The van der Waals surface area contributed by atoms with Gasteiger partial charge in [-0.1, -0.05) is 13.8 Å². The number of nitro benzene ring substituents is 1. The molecule has 0 aliphatic heterocycles. The fraction of sp³-hybridized carbons (Fsp3) is 0.462. The van der Waals surface area contributed by atoms with Crippen LogP contribution in [0.2, 0.25) is 0 Å². The van der Waals surface area contributed by atoms with Crippen molar-refractivity contribution in [3.8, 4) is 0 Å². The molecule has 1 rings (SSSR count). The molecular formula is C13H19N3O4. The summed E-state index contributed by atoms with van der Waals surface area (Å²) in [4.78, 5) is 23.3. The molecule has 2 N–H and O–H groups in total. The van der Waals surface area contributed by atoms with Crippen molar-refractivity contribution in [2.24, 2.45) is 0 Å². The van der Waals surface area contributed by atoms with Gasteiger partial charge in [0.15, 0.2) is 0 Å². The van der Waals surface area contributed by atoms with Gasteiger partial charge in [-0.15, -0.1) is 0 Å². The largest absolute Gasteiger partial charge is 0.477 e. The number of hydrogen-bond donors (Lipinski definition) is 2. The second kappa shape index (κ2) is 7.44. The van der Waals surface area contributed by atoms with E-state index < -0.39 is 16.6 Å². The van der Waals surface area contributed by atoms with Gasteiger partial charge in [0, 0.05) is 24.8 Å². The molecule has 1 aromatic carbocycles. The fourth-order valence-corrected chi connectivity index (χ4v) is 1.87. The van der Waals surface area contributed by atoms with Crippen LogP contribution in [0.4, 0.5) is 11.4 Å². The zero-order valence-electron chi connectivity index (χ0n) is 11.6. The molecule has 0 fully saturated rings. The van der Waals surface area contributed by atoms with Gasteiger partial charge in [0.05, 0.1) is 4.92 Å². The Kier molecular flexibility index (Phi) is 5.92. The number of nitrogens with one attached hydrogen (secondary N) is 1. The number of nitrogens with zero attached hydrogens (tertiary/aromatic N) is 2. The van der Waals surface area contributed by atoms with Crippen LogP contribution in [0.5, 0.6) is 0 Å². The first-order valence-corrected chi connectivity index (χ1v) is 6.47. The second-order valence-corrected chi connectivity index (χ2v) is 4.25. The van der Waals surface area contributed by atoms with E-state index in [1.807, 2.05) is 0 Å². The van der Waals surface area contributed by atoms with Crippen LogP contribution in [0.1, 0.15) is 24.2 Å². The van der Waals surface area contributed by atoms with E-state index in [-0.39, 0.29) is 5.56 Å². The molecule has 0 heterocycles. The standard InChI is InChI=1S/C13H19N3O4/c1-3-15(4-2)8-7-14-10-5-6-11(13(17)18)12(9-10)16(19)20/h5-6,9,14H,3-4,7-8H2,1-2H3,(H,17,18). The lowest BCUT2D eigenvalue weighted by atomic mass is 10.1. The number of benzene rings is 1. The molecule has 0 aliphatic rings. The first-order valence-electron chi connectivity index (χ1n) is 6.47. The highest BCUT2D eigenvalue weighted by molar-refractivity contribution is 5.93. The Morgan fingerprint density at radius 1 is 1.40 bits per heavy atom. The molecule has 20 heavy (non-hydrogen) atoms. The summed E-state index contributed by atoms with van der Waals surface area (Å²) in [6.07, 6.45) is 0. The molecule has 7 nitrogen and oxygen atoms in total. The summed E-state index contributed by atoms with van der Waals surface area (Å²) in [5.41, 5.74) is -0.150. The highest BCUT2D eigenvalue weighted by Gasteiger charge is 2.19. The predicted octanol–water partition coefficient (Wildman–Crippen LogP) is 2.05. The SMILES string of the molecule is CCN(CC)CCNc1ccc(C(=O)O)c([N+](=O)[O-])c1. The Hall–Kier alpha value is -2.15. The molecule has 0 aliphatic carbocycles. The van der Waals surface area contributed by atoms with Crippen molar-refractivity contribution < 1.29 is 14.8 Å². The van der Waals surface area contributed by atoms with Crippen LogP contribution in [0.15, 0.2) is 18.2 Å². The first kappa shape index (κ1) is 15.9. The molecule has 0 spiro atoms. The van der Waals surface area contributed by atoms with Crippen molar-refractivity contribution in [1.29, 1.82) is 0 Å². The molecule has 110 valence electrons. The smallest absolute Gasteiger partial charge is 0.342 e. The number of likely N-dealkylation sites (N-methyl/N-ethyl adjacent to an activating group) is 1. The summed E-state index contributed by atoms with van der Waals surface area (Å²) in [6, 6.07) is 4.05. The van der Waals surface area contributed by atoms with Gasteiger partial charge in [0.1, 0.15) is 5.56 Å². The van der Waals surface area contributed by atoms with Crippen molar-refractivity contribution in [3.63, 3.8) is 0 Å². The zero-order valence-corrected chi connectivity index (χ0v) is 11.6. The molecule has 1 aromatic rings. The van der Waals surface area contributed by atoms with Crippen molar-refractivity contribution in [2.75, 3.05) is 31.5 Å². The van der Waals surface area contributed by atoms with Crippen LogP contribution in [-0.2, 0) is 0 Å². The maximum Gasteiger partial charge on any atom is 0.342 e. The number of anilines is 1. The third-order valence-electron chi connectivity index (χ3n) is 3.08. The number of carbonyl (C=O) groups is 1. The lowest BCUT2D eigenvalue weighted by Gasteiger charge is -2.18. The maximum absolute atomic E-state index is 10.9. The Balaban J connectivity index is 2.75. The Morgan fingerprint density at radius 3 is 2.55 bits per heavy atom. The molecule has 0 unspecified atom stereocenters. The number of carboxylic acid groups (broad SMARTS) is 1. The molecule has 0 amide bonds. The van der Waals surface area contributed by atoms with Gasteiger partial charge >= 0.3 is 5.97 Å². The van der Waals surface area contributed by atoms with Crippen molar-refractivity contribution in [1.82, 2.24) is 4.90 Å². The van der Waals surface area contributed by atoms with E-state index in [4.69, 9.17) is 5.11 Å². The van der Waals surface area contributed by atoms with E-state index >= 15 is 0 Å². The fourth-order valence-electron chi connectivity index (χ4n) is 1.87. The minimum Gasteiger partial charge on any atom is -0.477 e. The third kappa shape index (κ3) is 4.20. The summed E-state index contributed by atoms with van der Waals surface area (Å²) >= 11 is 0. The normalized spacial score (nSPS) is 10.6. The van der Waals surface area contributed by atoms with E-state index in [9.17, 15) is 14.9 Å². The van der Waals surface area contributed by atoms with Gasteiger partial charge in [0.2, 0.25) is 0 Å². The first-order chi connectivity index (χ1) is 9.49. The van der Waals surface area contributed by atoms with Gasteiger partial charge in [-0.3, -0.25) is 10.1 Å². The molecule has 0 atom stereocenters. The number of hydrogen-bond acceptors (Lipinski definition) is 5. The van der Waals surface area contributed by atoms with Crippen LogP contribution < -0.4 is 5.32 Å². The summed E-state index contributed by atoms with van der Waals surface area (Å²) in [5, 5.41) is 22.8. The number of carboxylic acids is 1. The second-order valence-electron chi connectivity index (χ2n) is 4.25. The maximum atomic E-state index is 10.9. The van der Waals surface area contributed by atoms with Crippen molar-refractivity contribution in [3.05, 3.63) is 33.9 Å². The van der Waals surface area contributed by atoms with Crippen LogP contribution in [0.3, 0.4) is 0 Å². The van der Waals surface area contributed by atoms with E-state index in [1.165, 1.54) is 12.1 Å². The summed E-state index contributed by atoms with van der Waals surface area (Å²) in [6.45, 7) is 7.48. The summed E-state index contributed by atoms with van der Waals surface area (Å²) < 4.78 is 0. The highest BCUT2D eigenvalue weighted by atomic mass is 16.6. The highest BCUT2D eigenvalue weighted by Crippen LogP contribution is 2.23. The lowest BCUT2D eigenvalue weighted by Crippen LogP contribution is -2.28. The monoisotopic (exact) mass is 281 g/mol. The third-order valence-corrected chi connectivity index (χ3v) is 3.08. The molecule has 0 aromatic heterocycles. The van der Waals surface area contributed by atoms with Crippen LogP contribution in [0, 0.1) is 10.1 Å². The number of aromatic carboxylic acids is 1. The average Bonchev–Trinajstić information content (AvgIpc) is 2.43. The molecule has 0 saturated carbocycles. The zero-order chi connectivity index (χ0) is 15.1. The van der Waals surface area contributed by atoms with E-state index in [0.717, 1.165) is 19.6 Å². The number of nitro groups is 1. The van der Waals surface area contributed by atoms with Crippen LogP contribution in [0.25, 0.3) is 0 Å². The predicted molar refractivity (Wildman–Crippen MR) is 76.3 cm³/mol. The summed E-state index contributed by atoms with van der Waals surface area (Å²) in [5.74, 6) is -1.30. The minimum atomic E-state index is -1.30. The average molecular weight is 281 g/mol. The Labute approximate surface area is 117 Å². The van der Waals surface area contributed by atoms with Gasteiger partial charge in [-0.25, -0.2) is 4.79 Å². The molecule has 0 radical (unpaired) electrons. The van der Waals surface area contributed by atoms with Gasteiger partial charge in [-0.05, 0) is 25.2 Å². The summed E-state index contributed by atoms with van der Waals surface area (Å²) in [7, 11) is 0. The van der Waals surface area contributed by atoms with Gasteiger partial charge in [-0.2, -0.15) is 0 Å². The van der Waals surface area contributed by atoms with E-state index in [1.54, 1.807) is 6.07 Å². The topological polar surface area (TPSA) is 95.7 Å². The lowest BCUT2D eigenvalue weighted by molar-refractivity contribution is -0.385. The van der Waals surface area contributed by atoms with Crippen LogP contribution >= 0.6 is 0 Å². The molecule has 7 heteroatoms. The van der Waals surface area contributed by atoms with E-state index in [2.05, 4.69) is 24.1 Å². The van der Waals surface area contributed by atoms with Crippen molar-refractivity contribution in [2.45, 2.75) is 13.8 Å².